The molecule has 0 radical (unpaired) electrons. The van der Waals surface area contributed by atoms with Crippen LogP contribution in [-0.2, 0) is 13.0 Å². The Balaban J connectivity index is 1.43. The van der Waals surface area contributed by atoms with Crippen molar-refractivity contribution in [1.82, 2.24) is 15.6 Å². The van der Waals surface area contributed by atoms with Crippen molar-refractivity contribution in [2.75, 3.05) is 18.9 Å². The van der Waals surface area contributed by atoms with Gasteiger partial charge in [0.25, 0.3) is 0 Å². The Morgan fingerprint density at radius 1 is 0.964 bits per heavy atom. The van der Waals surface area contributed by atoms with E-state index in [2.05, 4.69) is 45.2 Å². The van der Waals surface area contributed by atoms with Crippen LogP contribution in [0.4, 0.5) is 10.5 Å². The van der Waals surface area contributed by atoms with Crippen molar-refractivity contribution in [2.24, 2.45) is 0 Å². The molecule has 1 heterocycles. The molecule has 3 N–H and O–H groups in total. The average Bonchev–Trinajstić information content (AvgIpc) is 2.73. The third-order valence-electron chi connectivity index (χ3n) is 4.72. The van der Waals surface area contributed by atoms with Gasteiger partial charge in [-0.1, -0.05) is 48.9 Å². The number of urea groups is 1. The largest absolute Gasteiger partial charge is 0.334 e. The maximum atomic E-state index is 12.2. The number of amides is 2. The van der Waals surface area contributed by atoms with Crippen LogP contribution in [0.2, 0.25) is 0 Å². The molecule has 0 fully saturated rings. The summed E-state index contributed by atoms with van der Waals surface area (Å²) < 4.78 is 0. The second kappa shape index (κ2) is 10.4. The minimum atomic E-state index is -0.231. The van der Waals surface area contributed by atoms with Gasteiger partial charge in [-0.25, -0.2) is 4.79 Å². The lowest BCUT2D eigenvalue weighted by atomic mass is 10.1. The predicted octanol–water partition coefficient (Wildman–Crippen LogP) is 4.49. The van der Waals surface area contributed by atoms with Gasteiger partial charge in [0, 0.05) is 11.9 Å². The van der Waals surface area contributed by atoms with Crippen LogP contribution < -0.4 is 16.0 Å². The highest BCUT2D eigenvalue weighted by Crippen LogP contribution is 2.16. The first kappa shape index (κ1) is 19.8. The van der Waals surface area contributed by atoms with Gasteiger partial charge in [0.05, 0.1) is 17.4 Å². The summed E-state index contributed by atoms with van der Waals surface area (Å²) in [4.78, 5) is 16.5. The number of rotatable bonds is 9. The summed E-state index contributed by atoms with van der Waals surface area (Å²) in [6.45, 7) is 1.58. The molecule has 5 nitrogen and oxygen atoms in total. The van der Waals surface area contributed by atoms with Gasteiger partial charge < -0.3 is 16.0 Å². The van der Waals surface area contributed by atoms with Crippen LogP contribution in [0.1, 0.15) is 30.4 Å². The molecule has 2 amide bonds. The third-order valence-corrected chi connectivity index (χ3v) is 4.72. The van der Waals surface area contributed by atoms with Crippen LogP contribution in [-0.4, -0.2) is 24.6 Å². The van der Waals surface area contributed by atoms with Crippen molar-refractivity contribution in [1.29, 1.82) is 0 Å². The van der Waals surface area contributed by atoms with E-state index in [1.807, 2.05) is 37.4 Å². The zero-order valence-corrected chi connectivity index (χ0v) is 16.4. The van der Waals surface area contributed by atoms with Crippen LogP contribution in [0.25, 0.3) is 10.9 Å². The fourth-order valence-corrected chi connectivity index (χ4v) is 3.13. The second-order valence-corrected chi connectivity index (χ2v) is 6.96. The summed E-state index contributed by atoms with van der Waals surface area (Å²) in [6, 6.07) is 18.0. The van der Waals surface area contributed by atoms with Gasteiger partial charge in [-0.2, -0.15) is 0 Å². The number of carbonyl (C=O) groups excluding carboxylic acids is 1. The van der Waals surface area contributed by atoms with Crippen molar-refractivity contribution in [3.8, 4) is 0 Å². The number of para-hydroxylation sites is 1. The normalized spacial score (nSPS) is 10.8. The summed E-state index contributed by atoms with van der Waals surface area (Å²) >= 11 is 0. The molecule has 0 aliphatic rings. The van der Waals surface area contributed by atoms with E-state index < -0.39 is 0 Å². The van der Waals surface area contributed by atoms with Crippen molar-refractivity contribution < 1.29 is 4.79 Å². The second-order valence-electron chi connectivity index (χ2n) is 6.96. The lowest BCUT2D eigenvalue weighted by Gasteiger charge is -2.09. The van der Waals surface area contributed by atoms with Crippen molar-refractivity contribution in [3.63, 3.8) is 0 Å². The number of carbonyl (C=O) groups is 1. The van der Waals surface area contributed by atoms with E-state index >= 15 is 0 Å². The van der Waals surface area contributed by atoms with Gasteiger partial charge in [-0.3, -0.25) is 4.98 Å². The summed E-state index contributed by atoms with van der Waals surface area (Å²) in [5.74, 6) is 0. The lowest BCUT2D eigenvalue weighted by molar-refractivity contribution is 0.251. The summed E-state index contributed by atoms with van der Waals surface area (Å²) in [6.07, 6.45) is 6.45. The van der Waals surface area contributed by atoms with Crippen LogP contribution in [0, 0.1) is 0 Å². The minimum Gasteiger partial charge on any atom is -0.334 e. The number of aromatic nitrogens is 1. The number of nitrogens with zero attached hydrogens (tertiary/aromatic N) is 1. The van der Waals surface area contributed by atoms with Gasteiger partial charge in [-0.15, -0.1) is 0 Å². The van der Waals surface area contributed by atoms with Crippen molar-refractivity contribution >= 4 is 22.6 Å². The van der Waals surface area contributed by atoms with Gasteiger partial charge in [0.2, 0.25) is 0 Å². The molecular formula is C23H28N4O. The Bertz CT molecular complexity index is 893. The van der Waals surface area contributed by atoms with E-state index in [0.29, 0.717) is 12.2 Å². The molecule has 2 aromatic carbocycles. The number of anilines is 1. The van der Waals surface area contributed by atoms with E-state index in [1.165, 1.54) is 24.8 Å². The highest BCUT2D eigenvalue weighted by Gasteiger charge is 2.04. The minimum absolute atomic E-state index is 0.231. The zero-order chi connectivity index (χ0) is 19.6. The monoisotopic (exact) mass is 376 g/mol. The fourth-order valence-electron chi connectivity index (χ4n) is 3.13. The number of fused-ring (bicyclic) bond motifs is 1. The first-order chi connectivity index (χ1) is 13.7. The number of aryl methyl sites for hydroxylation is 1. The lowest BCUT2D eigenvalue weighted by Crippen LogP contribution is -2.28. The van der Waals surface area contributed by atoms with Crippen LogP contribution >= 0.6 is 0 Å². The van der Waals surface area contributed by atoms with Gasteiger partial charge in [0.1, 0.15) is 0 Å². The molecular weight excluding hydrogens is 348 g/mol. The van der Waals surface area contributed by atoms with E-state index in [9.17, 15) is 4.79 Å². The molecule has 0 aliphatic carbocycles. The smallest absolute Gasteiger partial charge is 0.319 e. The predicted molar refractivity (Wildman–Crippen MR) is 116 cm³/mol. The van der Waals surface area contributed by atoms with Crippen LogP contribution in [0.3, 0.4) is 0 Å². The highest BCUT2D eigenvalue weighted by molar-refractivity contribution is 5.91. The molecule has 0 spiro atoms. The SMILES string of the molecule is CNCCCCCc1ccc(CNC(=O)Nc2cnc3ccccc3c2)cc1. The third kappa shape index (κ3) is 6.06. The van der Waals surface area contributed by atoms with Gasteiger partial charge in [-0.05, 0) is 56.1 Å². The van der Waals surface area contributed by atoms with Gasteiger partial charge >= 0.3 is 6.03 Å². The summed E-state index contributed by atoms with van der Waals surface area (Å²) in [5.41, 5.74) is 4.03. The molecule has 3 aromatic rings. The Morgan fingerprint density at radius 2 is 1.75 bits per heavy atom. The maximum Gasteiger partial charge on any atom is 0.319 e. The number of benzene rings is 2. The molecule has 0 unspecified atom stereocenters. The molecule has 0 atom stereocenters. The molecule has 5 heteroatoms. The number of nitrogens with one attached hydrogen (secondary N) is 3. The Morgan fingerprint density at radius 3 is 2.57 bits per heavy atom. The van der Waals surface area contributed by atoms with E-state index in [-0.39, 0.29) is 6.03 Å². The molecule has 146 valence electrons. The number of pyridine rings is 1. The number of hydrogen-bond donors (Lipinski definition) is 3. The highest BCUT2D eigenvalue weighted by atomic mass is 16.2. The molecule has 28 heavy (non-hydrogen) atoms. The molecule has 0 saturated heterocycles. The molecule has 0 aliphatic heterocycles. The number of hydrogen-bond acceptors (Lipinski definition) is 3. The van der Waals surface area contributed by atoms with E-state index in [1.54, 1.807) is 6.20 Å². The Hall–Kier alpha value is -2.92. The van der Waals surface area contributed by atoms with Crippen LogP contribution in [0.5, 0.6) is 0 Å². The zero-order valence-electron chi connectivity index (χ0n) is 16.4. The first-order valence-electron chi connectivity index (χ1n) is 9.86. The standard InChI is InChI=1S/C23H28N4O/c1-24-14-6-2-3-7-18-10-12-19(13-11-18)16-26-23(28)27-21-15-20-8-4-5-9-22(20)25-17-21/h4-5,8-13,15,17,24H,2-3,6-7,14,16H2,1H3,(H2,26,27,28). The van der Waals surface area contributed by atoms with E-state index in [4.69, 9.17) is 0 Å². The fraction of sp³-hybridized carbons (Fsp3) is 0.304. The van der Waals surface area contributed by atoms with Gasteiger partial charge in [0.15, 0.2) is 0 Å². The summed E-state index contributed by atoms with van der Waals surface area (Å²) in [7, 11) is 1.99. The van der Waals surface area contributed by atoms with Crippen molar-refractivity contribution in [2.45, 2.75) is 32.2 Å². The van der Waals surface area contributed by atoms with Crippen LogP contribution in [0.15, 0.2) is 60.8 Å². The Kier molecular flexibility index (Phi) is 7.38. The number of unbranched alkanes of at least 4 members (excludes halogenated alkanes) is 2. The Labute approximate surface area is 166 Å². The molecule has 3 rings (SSSR count). The molecule has 1 aromatic heterocycles. The molecule has 0 bridgehead atoms. The van der Waals surface area contributed by atoms with Crippen molar-refractivity contribution in [3.05, 3.63) is 71.9 Å². The summed E-state index contributed by atoms with van der Waals surface area (Å²) in [5, 5.41) is 9.92. The quantitative estimate of drug-likeness (QED) is 0.482. The van der Waals surface area contributed by atoms with E-state index in [0.717, 1.165) is 29.4 Å². The maximum absolute atomic E-state index is 12.2. The molecule has 0 saturated carbocycles. The average molecular weight is 377 g/mol. The first-order valence-corrected chi connectivity index (χ1v) is 9.86. The topological polar surface area (TPSA) is 66.0 Å².